The zero-order valence-electron chi connectivity index (χ0n) is 43.0. The highest BCUT2D eigenvalue weighted by molar-refractivity contribution is 5.76. The second kappa shape index (κ2) is 48.0. The van der Waals surface area contributed by atoms with Crippen molar-refractivity contribution < 1.29 is 39.8 Å². The number of aliphatic hydroxyl groups is 5. The standard InChI is InChI=1S/C60H97NO8/c1-3-5-7-9-11-12-13-14-15-16-17-18-19-20-21-22-23-24-25-26-27-28-29-30-31-32-33-34-35-36-37-38-39-40-41-42-44-46-48-50-56(64)61-53(54(63)49-47-45-43-10-8-6-4-2)52-68-60-59(67)58(66)57(65)55(51-62)69-60/h5,7,11-12,14-15,17-18,20-21,23-24,26-27,29-30,32-33,35-36,38-39,53-55,57-60,62-63,65-67H,3-4,6,8-10,13,16,19,22,25,28,31,34,37,40-52H2,1-2H3,(H,61,64)/b7-5-,12-11-,15-14-,18-17-,21-20-,24-23-,27-26-,30-29-,33-32-,36-35-,39-38-. The van der Waals surface area contributed by atoms with E-state index >= 15 is 0 Å². The zero-order chi connectivity index (χ0) is 50.1. The quantitative estimate of drug-likeness (QED) is 0.0261. The van der Waals surface area contributed by atoms with Crippen molar-refractivity contribution in [1.29, 1.82) is 0 Å². The van der Waals surface area contributed by atoms with Gasteiger partial charge in [-0.3, -0.25) is 4.79 Å². The number of hydrogen-bond acceptors (Lipinski definition) is 8. The predicted octanol–water partition coefficient (Wildman–Crippen LogP) is 12.9. The zero-order valence-corrected chi connectivity index (χ0v) is 43.0. The Morgan fingerprint density at radius 3 is 1.33 bits per heavy atom. The van der Waals surface area contributed by atoms with E-state index in [1.807, 2.05) is 0 Å². The van der Waals surface area contributed by atoms with Crippen LogP contribution < -0.4 is 5.32 Å². The molecule has 6 N–H and O–H groups in total. The van der Waals surface area contributed by atoms with E-state index in [1.165, 1.54) is 25.7 Å². The van der Waals surface area contributed by atoms with Crippen LogP contribution in [0.2, 0.25) is 0 Å². The Morgan fingerprint density at radius 1 is 0.507 bits per heavy atom. The molecule has 1 fully saturated rings. The van der Waals surface area contributed by atoms with E-state index in [1.54, 1.807) is 0 Å². The fraction of sp³-hybridized carbons (Fsp3) is 0.617. The lowest BCUT2D eigenvalue weighted by Gasteiger charge is -2.40. The average Bonchev–Trinajstić information content (AvgIpc) is 3.35. The molecule has 9 nitrogen and oxygen atoms in total. The Balaban J connectivity index is 2.13. The van der Waals surface area contributed by atoms with Gasteiger partial charge in [0, 0.05) is 6.42 Å². The lowest BCUT2D eigenvalue weighted by Crippen LogP contribution is -2.60. The van der Waals surface area contributed by atoms with Gasteiger partial charge in [-0.25, -0.2) is 0 Å². The maximum Gasteiger partial charge on any atom is 0.220 e. The number of aliphatic hydroxyl groups excluding tert-OH is 5. The van der Waals surface area contributed by atoms with Crippen LogP contribution in [0.3, 0.4) is 0 Å². The van der Waals surface area contributed by atoms with Crippen molar-refractivity contribution in [3.05, 3.63) is 134 Å². The molecule has 0 aliphatic carbocycles. The van der Waals surface area contributed by atoms with Gasteiger partial charge in [0.05, 0.1) is 25.4 Å². The summed E-state index contributed by atoms with van der Waals surface area (Å²) in [5.74, 6) is -0.174. The second-order valence-corrected chi connectivity index (χ2v) is 17.9. The Hall–Kier alpha value is -3.67. The molecule has 7 atom stereocenters. The molecule has 0 radical (unpaired) electrons. The molecule has 390 valence electrons. The van der Waals surface area contributed by atoms with Crippen LogP contribution in [0.5, 0.6) is 0 Å². The smallest absolute Gasteiger partial charge is 0.220 e. The maximum atomic E-state index is 12.9. The van der Waals surface area contributed by atoms with Crippen LogP contribution in [0.25, 0.3) is 0 Å². The molecule has 69 heavy (non-hydrogen) atoms. The molecule has 1 aliphatic rings. The maximum absolute atomic E-state index is 12.9. The van der Waals surface area contributed by atoms with Crippen LogP contribution in [0.1, 0.15) is 181 Å². The van der Waals surface area contributed by atoms with Crippen molar-refractivity contribution in [1.82, 2.24) is 5.32 Å². The van der Waals surface area contributed by atoms with Crippen molar-refractivity contribution in [3.8, 4) is 0 Å². The van der Waals surface area contributed by atoms with E-state index in [0.717, 1.165) is 128 Å². The van der Waals surface area contributed by atoms with Crippen LogP contribution in [-0.2, 0) is 14.3 Å². The normalized spacial score (nSPS) is 20.6. The van der Waals surface area contributed by atoms with Gasteiger partial charge in [0.1, 0.15) is 24.4 Å². The van der Waals surface area contributed by atoms with Crippen LogP contribution in [-0.4, -0.2) is 87.5 Å². The highest BCUT2D eigenvalue weighted by Crippen LogP contribution is 2.23. The number of carbonyl (C=O) groups excluding carboxylic acids is 1. The molecule has 0 aromatic carbocycles. The molecule has 9 heteroatoms. The Morgan fingerprint density at radius 2 is 0.899 bits per heavy atom. The summed E-state index contributed by atoms with van der Waals surface area (Å²) in [5, 5.41) is 54.1. The minimum absolute atomic E-state index is 0.156. The molecule has 1 rings (SSSR count). The molecule has 1 amide bonds. The summed E-state index contributed by atoms with van der Waals surface area (Å²) in [6.07, 6.45) is 66.5. The molecule has 1 saturated heterocycles. The van der Waals surface area contributed by atoms with Crippen molar-refractivity contribution in [3.63, 3.8) is 0 Å². The summed E-state index contributed by atoms with van der Waals surface area (Å²) in [6.45, 7) is 3.63. The summed E-state index contributed by atoms with van der Waals surface area (Å²) < 4.78 is 11.2. The van der Waals surface area contributed by atoms with Crippen LogP contribution >= 0.6 is 0 Å². The summed E-state index contributed by atoms with van der Waals surface area (Å²) >= 11 is 0. The fourth-order valence-corrected chi connectivity index (χ4v) is 7.52. The van der Waals surface area contributed by atoms with E-state index in [4.69, 9.17) is 9.47 Å². The number of rotatable bonds is 43. The minimum atomic E-state index is -1.56. The van der Waals surface area contributed by atoms with Gasteiger partial charge in [0.2, 0.25) is 5.91 Å². The summed E-state index contributed by atoms with van der Waals surface area (Å²) in [5.41, 5.74) is 0. The van der Waals surface area contributed by atoms with Gasteiger partial charge in [0.15, 0.2) is 6.29 Å². The molecule has 0 aromatic heterocycles. The third-order valence-electron chi connectivity index (χ3n) is 11.8. The minimum Gasteiger partial charge on any atom is -0.394 e. The fourth-order valence-electron chi connectivity index (χ4n) is 7.52. The number of ether oxygens (including phenoxy) is 2. The second-order valence-electron chi connectivity index (χ2n) is 17.9. The number of carbonyl (C=O) groups is 1. The molecule has 0 saturated carbocycles. The van der Waals surface area contributed by atoms with Crippen molar-refractivity contribution >= 4 is 5.91 Å². The number of nitrogens with one attached hydrogen (secondary N) is 1. The third kappa shape index (κ3) is 37.8. The van der Waals surface area contributed by atoms with Crippen molar-refractivity contribution in [2.75, 3.05) is 13.2 Å². The van der Waals surface area contributed by atoms with Crippen LogP contribution in [0.15, 0.2) is 134 Å². The highest BCUT2D eigenvalue weighted by Gasteiger charge is 2.44. The molecular weight excluding hydrogens is 863 g/mol. The van der Waals surface area contributed by atoms with Gasteiger partial charge >= 0.3 is 0 Å². The first kappa shape index (κ1) is 63.3. The van der Waals surface area contributed by atoms with Gasteiger partial charge in [-0.2, -0.15) is 0 Å². The first-order valence-electron chi connectivity index (χ1n) is 26.9. The SMILES string of the molecule is CC/C=C\C/C=C\C/C=C\C/C=C\C/C=C\C/C=C\C/C=C\C/C=C\C/C=C\C/C=C\C/C=C\CCCCCCCC(=O)NC(COC1OC(CO)C(O)C(O)C1O)C(O)CCCCCCCCC. The first-order chi connectivity index (χ1) is 33.8. The van der Waals surface area contributed by atoms with E-state index in [2.05, 4.69) is 153 Å². The molecule has 0 bridgehead atoms. The lowest BCUT2D eigenvalue weighted by molar-refractivity contribution is -0.302. The molecule has 0 aromatic rings. The summed E-state index contributed by atoms with van der Waals surface area (Å²) in [6, 6.07) is -0.736. The Bertz CT molecular complexity index is 1530. The van der Waals surface area contributed by atoms with Gasteiger partial charge in [0.25, 0.3) is 0 Å². The highest BCUT2D eigenvalue weighted by atomic mass is 16.7. The average molecular weight is 960 g/mol. The van der Waals surface area contributed by atoms with Crippen LogP contribution in [0.4, 0.5) is 0 Å². The van der Waals surface area contributed by atoms with Crippen molar-refractivity contribution in [2.45, 2.75) is 224 Å². The molecule has 0 spiro atoms. The number of hydrogen-bond donors (Lipinski definition) is 6. The van der Waals surface area contributed by atoms with Crippen LogP contribution in [0, 0.1) is 0 Å². The monoisotopic (exact) mass is 960 g/mol. The Kier molecular flexibility index (Phi) is 44.0. The number of allylic oxidation sites excluding steroid dienone is 22. The molecule has 1 aliphatic heterocycles. The largest absolute Gasteiger partial charge is 0.394 e. The molecule has 7 unspecified atom stereocenters. The van der Waals surface area contributed by atoms with Gasteiger partial charge in [-0.15, -0.1) is 0 Å². The van der Waals surface area contributed by atoms with Gasteiger partial charge < -0.3 is 40.3 Å². The first-order valence-corrected chi connectivity index (χ1v) is 26.9. The lowest BCUT2D eigenvalue weighted by atomic mass is 9.99. The number of amides is 1. The summed E-state index contributed by atoms with van der Waals surface area (Å²) in [7, 11) is 0. The number of unbranched alkanes of at least 4 members (excludes halogenated alkanes) is 11. The molecule has 1 heterocycles. The van der Waals surface area contributed by atoms with E-state index in [0.29, 0.717) is 12.8 Å². The molecular formula is C60H97NO8. The summed E-state index contributed by atoms with van der Waals surface area (Å²) in [4.78, 5) is 12.9. The van der Waals surface area contributed by atoms with Gasteiger partial charge in [-0.1, -0.05) is 212 Å². The topological polar surface area (TPSA) is 149 Å². The van der Waals surface area contributed by atoms with E-state index in [-0.39, 0.29) is 12.5 Å². The van der Waals surface area contributed by atoms with E-state index in [9.17, 15) is 30.3 Å². The Labute approximate surface area is 420 Å². The van der Waals surface area contributed by atoms with Crippen molar-refractivity contribution in [2.24, 2.45) is 0 Å². The van der Waals surface area contributed by atoms with E-state index < -0.39 is 49.5 Å². The third-order valence-corrected chi connectivity index (χ3v) is 11.8. The predicted molar refractivity (Wildman–Crippen MR) is 290 cm³/mol. The van der Waals surface area contributed by atoms with Gasteiger partial charge in [-0.05, 0) is 96.3 Å².